The zero-order chi connectivity index (χ0) is 13.7. The Balaban J connectivity index is 4.05. The fourth-order valence-corrected chi connectivity index (χ4v) is 1.77. The molecule has 0 atom stereocenters. The standard InChI is InChI=1S/C13H25NO3/c1-10(15)9-13(5,6)17-8-7-12(3,4)14-11(2)16/h7-9H2,1-6H3,(H,14,16). The van der Waals surface area contributed by atoms with Crippen molar-refractivity contribution in [3.8, 4) is 0 Å². The molecule has 4 nitrogen and oxygen atoms in total. The largest absolute Gasteiger partial charge is 0.375 e. The highest BCUT2D eigenvalue weighted by Crippen LogP contribution is 2.17. The molecule has 4 heteroatoms. The number of hydrogen-bond acceptors (Lipinski definition) is 3. The lowest BCUT2D eigenvalue weighted by atomic mass is 10.00. The van der Waals surface area contributed by atoms with E-state index in [-0.39, 0.29) is 17.2 Å². The van der Waals surface area contributed by atoms with Crippen molar-refractivity contribution >= 4 is 11.7 Å². The van der Waals surface area contributed by atoms with Crippen LogP contribution in [0.25, 0.3) is 0 Å². The summed E-state index contributed by atoms with van der Waals surface area (Å²) < 4.78 is 5.69. The number of Topliss-reactive ketones (excluding diaryl/α,β-unsaturated/α-hetero) is 1. The van der Waals surface area contributed by atoms with E-state index in [4.69, 9.17) is 4.74 Å². The maximum absolute atomic E-state index is 11.0. The Labute approximate surface area is 104 Å². The third-order valence-electron chi connectivity index (χ3n) is 2.41. The molecule has 0 aliphatic carbocycles. The third-order valence-corrected chi connectivity index (χ3v) is 2.41. The van der Waals surface area contributed by atoms with E-state index in [0.717, 1.165) is 0 Å². The van der Waals surface area contributed by atoms with Gasteiger partial charge in [-0.25, -0.2) is 0 Å². The molecule has 1 N–H and O–H groups in total. The Morgan fingerprint density at radius 2 is 1.65 bits per heavy atom. The Hall–Kier alpha value is -0.900. The maximum atomic E-state index is 11.0. The number of ether oxygens (including phenoxy) is 1. The average molecular weight is 243 g/mol. The molecule has 0 bridgehead atoms. The van der Waals surface area contributed by atoms with Crippen molar-refractivity contribution in [2.45, 2.75) is 65.5 Å². The zero-order valence-electron chi connectivity index (χ0n) is 11.8. The number of nitrogens with one attached hydrogen (secondary N) is 1. The Bertz CT molecular complexity index is 254. The van der Waals surface area contributed by atoms with Crippen LogP contribution in [0.4, 0.5) is 0 Å². The minimum Gasteiger partial charge on any atom is -0.375 e. The monoisotopic (exact) mass is 243 g/mol. The van der Waals surface area contributed by atoms with Crippen LogP contribution in [0, 0.1) is 0 Å². The van der Waals surface area contributed by atoms with Crippen LogP contribution >= 0.6 is 0 Å². The second-order valence-corrected chi connectivity index (χ2v) is 5.80. The number of rotatable bonds is 7. The smallest absolute Gasteiger partial charge is 0.217 e. The van der Waals surface area contributed by atoms with Gasteiger partial charge in [-0.15, -0.1) is 0 Å². The molecule has 0 rings (SSSR count). The summed E-state index contributed by atoms with van der Waals surface area (Å²) in [4.78, 5) is 22.0. The van der Waals surface area contributed by atoms with Crippen molar-refractivity contribution in [1.82, 2.24) is 5.32 Å². The predicted molar refractivity (Wildman–Crippen MR) is 67.8 cm³/mol. The lowest BCUT2D eigenvalue weighted by molar-refractivity contribution is -0.123. The topological polar surface area (TPSA) is 55.4 Å². The highest BCUT2D eigenvalue weighted by molar-refractivity contribution is 5.76. The number of carbonyl (C=O) groups is 2. The van der Waals surface area contributed by atoms with Gasteiger partial charge in [-0.05, 0) is 41.0 Å². The molecule has 0 spiro atoms. The van der Waals surface area contributed by atoms with E-state index in [1.165, 1.54) is 6.92 Å². The van der Waals surface area contributed by atoms with Crippen molar-refractivity contribution in [3.63, 3.8) is 0 Å². The van der Waals surface area contributed by atoms with Gasteiger partial charge < -0.3 is 10.1 Å². The van der Waals surface area contributed by atoms with Gasteiger partial charge in [-0.2, -0.15) is 0 Å². The third kappa shape index (κ3) is 8.86. The first kappa shape index (κ1) is 16.1. The molecule has 0 unspecified atom stereocenters. The molecule has 0 aromatic rings. The zero-order valence-corrected chi connectivity index (χ0v) is 11.8. The van der Waals surface area contributed by atoms with E-state index < -0.39 is 5.60 Å². The van der Waals surface area contributed by atoms with Crippen molar-refractivity contribution in [1.29, 1.82) is 0 Å². The van der Waals surface area contributed by atoms with Crippen molar-refractivity contribution in [2.24, 2.45) is 0 Å². The average Bonchev–Trinajstić information content (AvgIpc) is 1.96. The van der Waals surface area contributed by atoms with Gasteiger partial charge in [-0.1, -0.05) is 0 Å². The summed E-state index contributed by atoms with van der Waals surface area (Å²) in [6.45, 7) is 11.3. The summed E-state index contributed by atoms with van der Waals surface area (Å²) >= 11 is 0. The van der Waals surface area contributed by atoms with E-state index in [0.29, 0.717) is 19.4 Å². The maximum Gasteiger partial charge on any atom is 0.217 e. The van der Waals surface area contributed by atoms with Gasteiger partial charge in [0.1, 0.15) is 5.78 Å². The number of carbonyl (C=O) groups excluding carboxylic acids is 2. The van der Waals surface area contributed by atoms with Crippen molar-refractivity contribution in [3.05, 3.63) is 0 Å². The molecule has 0 aliphatic heterocycles. The molecule has 0 aromatic heterocycles. The van der Waals surface area contributed by atoms with Crippen LogP contribution in [0.1, 0.15) is 54.4 Å². The van der Waals surface area contributed by atoms with Crippen LogP contribution in [-0.2, 0) is 14.3 Å². The fraction of sp³-hybridized carbons (Fsp3) is 0.846. The van der Waals surface area contributed by atoms with Gasteiger partial charge in [0.2, 0.25) is 5.91 Å². The van der Waals surface area contributed by atoms with Crippen LogP contribution in [0.3, 0.4) is 0 Å². The summed E-state index contributed by atoms with van der Waals surface area (Å²) in [5.74, 6) is 0.0779. The summed E-state index contributed by atoms with van der Waals surface area (Å²) in [6, 6.07) is 0. The first-order chi connectivity index (χ1) is 7.54. The molecule has 0 saturated heterocycles. The first-order valence-electron chi connectivity index (χ1n) is 5.96. The van der Waals surface area contributed by atoms with Gasteiger partial charge in [0, 0.05) is 25.5 Å². The molecule has 1 amide bonds. The van der Waals surface area contributed by atoms with Crippen molar-refractivity contribution in [2.75, 3.05) is 6.61 Å². The second-order valence-electron chi connectivity index (χ2n) is 5.80. The molecule has 0 saturated carbocycles. The highest BCUT2D eigenvalue weighted by atomic mass is 16.5. The van der Waals surface area contributed by atoms with Crippen LogP contribution in [-0.4, -0.2) is 29.4 Å². The normalized spacial score (nSPS) is 12.4. The lowest BCUT2D eigenvalue weighted by Gasteiger charge is -2.29. The minimum absolute atomic E-state index is 0.0435. The van der Waals surface area contributed by atoms with Crippen LogP contribution in [0.2, 0.25) is 0 Å². The molecule has 0 heterocycles. The summed E-state index contributed by atoms with van der Waals surface area (Å²) in [7, 11) is 0. The molecular formula is C13H25NO3. The predicted octanol–water partition coefficient (Wildman–Crippen LogP) is 2.07. The number of ketones is 1. The second kappa shape index (κ2) is 6.15. The molecule has 0 radical (unpaired) electrons. The minimum atomic E-state index is -0.432. The summed E-state index contributed by atoms with van der Waals surface area (Å²) in [6.07, 6.45) is 1.13. The Kier molecular flexibility index (Phi) is 5.82. The van der Waals surface area contributed by atoms with E-state index >= 15 is 0 Å². The van der Waals surface area contributed by atoms with Crippen LogP contribution < -0.4 is 5.32 Å². The van der Waals surface area contributed by atoms with E-state index in [1.54, 1.807) is 6.92 Å². The summed E-state index contributed by atoms with van der Waals surface area (Å²) in [5, 5.41) is 2.86. The molecule has 100 valence electrons. The van der Waals surface area contributed by atoms with Gasteiger partial charge in [0.25, 0.3) is 0 Å². The first-order valence-corrected chi connectivity index (χ1v) is 5.96. The van der Waals surface area contributed by atoms with Crippen LogP contribution in [0.5, 0.6) is 0 Å². The fourth-order valence-electron chi connectivity index (χ4n) is 1.77. The quantitative estimate of drug-likeness (QED) is 0.744. The van der Waals surface area contributed by atoms with E-state index in [2.05, 4.69) is 5.32 Å². The lowest BCUT2D eigenvalue weighted by Crippen LogP contribution is -2.43. The van der Waals surface area contributed by atoms with Gasteiger partial charge in [0.15, 0.2) is 0 Å². The number of amides is 1. The highest BCUT2D eigenvalue weighted by Gasteiger charge is 2.23. The molecule has 0 aromatic carbocycles. The molecule has 0 aliphatic rings. The molecule has 0 fully saturated rings. The van der Waals surface area contributed by atoms with E-state index in [1.807, 2.05) is 27.7 Å². The molecular weight excluding hydrogens is 218 g/mol. The Morgan fingerprint density at radius 1 is 1.12 bits per heavy atom. The van der Waals surface area contributed by atoms with Crippen molar-refractivity contribution < 1.29 is 14.3 Å². The number of hydrogen-bond donors (Lipinski definition) is 1. The summed E-state index contributed by atoms with van der Waals surface area (Å²) in [5.41, 5.74) is -0.712. The van der Waals surface area contributed by atoms with Gasteiger partial charge in [0.05, 0.1) is 5.60 Å². The Morgan fingerprint density at radius 3 is 2.06 bits per heavy atom. The van der Waals surface area contributed by atoms with Gasteiger partial charge in [-0.3, -0.25) is 9.59 Å². The van der Waals surface area contributed by atoms with Crippen LogP contribution in [0.15, 0.2) is 0 Å². The van der Waals surface area contributed by atoms with Gasteiger partial charge >= 0.3 is 0 Å². The van der Waals surface area contributed by atoms with E-state index in [9.17, 15) is 9.59 Å². The SMILES string of the molecule is CC(=O)CC(C)(C)OCCC(C)(C)NC(C)=O. The molecule has 17 heavy (non-hydrogen) atoms.